The second-order valence-electron chi connectivity index (χ2n) is 4.05. The van der Waals surface area contributed by atoms with Gasteiger partial charge in [0.25, 0.3) is 10.0 Å². The summed E-state index contributed by atoms with van der Waals surface area (Å²) < 4.78 is 26.2. The standard InChI is InChI=1S/C11H14N4O3S/c1-7-13-6-11(15-7)19(17,18)14-5-8-4-9(12)2-3-10(8)16/h2-4,6,14,16H,5,12H2,1H3,(H,13,15). The number of aromatic nitrogens is 2. The van der Waals surface area contributed by atoms with Crippen LogP contribution in [-0.2, 0) is 16.6 Å². The second-order valence-corrected chi connectivity index (χ2v) is 5.78. The number of nitrogens with zero attached hydrogens (tertiary/aromatic N) is 1. The molecule has 0 saturated heterocycles. The molecular formula is C11H14N4O3S. The molecule has 8 heteroatoms. The number of hydrogen-bond donors (Lipinski definition) is 4. The van der Waals surface area contributed by atoms with Crippen LogP contribution in [0.2, 0.25) is 0 Å². The number of nitrogen functional groups attached to an aromatic ring is 1. The molecule has 0 spiro atoms. The monoisotopic (exact) mass is 282 g/mol. The Bertz CT molecular complexity index is 694. The van der Waals surface area contributed by atoms with E-state index in [9.17, 15) is 13.5 Å². The number of nitrogens with one attached hydrogen (secondary N) is 2. The fourth-order valence-electron chi connectivity index (χ4n) is 1.53. The minimum atomic E-state index is -3.69. The van der Waals surface area contributed by atoms with Gasteiger partial charge in [-0.2, -0.15) is 0 Å². The Morgan fingerprint density at radius 3 is 2.84 bits per heavy atom. The summed E-state index contributed by atoms with van der Waals surface area (Å²) in [6.07, 6.45) is 1.23. The molecule has 102 valence electrons. The van der Waals surface area contributed by atoms with E-state index in [1.807, 2.05) is 0 Å². The van der Waals surface area contributed by atoms with Gasteiger partial charge in [-0.15, -0.1) is 0 Å². The molecule has 0 bridgehead atoms. The number of rotatable bonds is 4. The van der Waals surface area contributed by atoms with Crippen LogP contribution in [0.4, 0.5) is 5.69 Å². The van der Waals surface area contributed by atoms with E-state index in [1.54, 1.807) is 6.92 Å². The Labute approximate surface area is 110 Å². The summed E-state index contributed by atoms with van der Waals surface area (Å²) in [6, 6.07) is 4.46. The van der Waals surface area contributed by atoms with Crippen molar-refractivity contribution in [3.63, 3.8) is 0 Å². The number of nitrogens with two attached hydrogens (primary N) is 1. The quantitative estimate of drug-likeness (QED) is 0.480. The molecule has 7 nitrogen and oxygen atoms in total. The number of hydrogen-bond acceptors (Lipinski definition) is 5. The third-order valence-electron chi connectivity index (χ3n) is 2.53. The number of H-pyrrole nitrogens is 1. The molecule has 2 aromatic rings. The maximum Gasteiger partial charge on any atom is 0.257 e. The van der Waals surface area contributed by atoms with E-state index in [0.717, 1.165) is 0 Å². The number of aromatic hydroxyl groups is 1. The minimum absolute atomic E-state index is 0.0160. The number of aryl methyl sites for hydroxylation is 1. The van der Waals surface area contributed by atoms with Gasteiger partial charge in [0.05, 0.1) is 6.20 Å². The molecule has 0 saturated carbocycles. The molecule has 1 heterocycles. The molecule has 0 unspecified atom stereocenters. The van der Waals surface area contributed by atoms with Crippen LogP contribution in [0.5, 0.6) is 5.75 Å². The molecule has 19 heavy (non-hydrogen) atoms. The van der Waals surface area contributed by atoms with E-state index in [1.165, 1.54) is 24.4 Å². The van der Waals surface area contributed by atoms with Crippen LogP contribution in [0, 0.1) is 6.92 Å². The number of benzene rings is 1. The van der Waals surface area contributed by atoms with Crippen molar-refractivity contribution in [1.29, 1.82) is 0 Å². The SMILES string of the molecule is Cc1ncc(S(=O)(=O)NCc2cc(N)ccc2O)[nH]1. The molecule has 0 aliphatic rings. The van der Waals surface area contributed by atoms with Gasteiger partial charge in [0.2, 0.25) is 0 Å². The van der Waals surface area contributed by atoms with Crippen LogP contribution in [0.1, 0.15) is 11.4 Å². The van der Waals surface area contributed by atoms with Gasteiger partial charge < -0.3 is 15.8 Å². The number of sulfonamides is 1. The summed E-state index contributed by atoms with van der Waals surface area (Å²) in [5, 5.41) is 9.58. The molecule has 0 fully saturated rings. The van der Waals surface area contributed by atoms with Gasteiger partial charge in [-0.3, -0.25) is 0 Å². The maximum atomic E-state index is 11.9. The van der Waals surface area contributed by atoms with Crippen molar-refractivity contribution in [3.8, 4) is 5.75 Å². The highest BCUT2D eigenvalue weighted by atomic mass is 32.2. The van der Waals surface area contributed by atoms with Gasteiger partial charge in [-0.25, -0.2) is 18.1 Å². The molecule has 5 N–H and O–H groups in total. The first-order valence-corrected chi connectivity index (χ1v) is 6.95. The maximum absolute atomic E-state index is 11.9. The fraction of sp³-hybridized carbons (Fsp3) is 0.182. The normalized spacial score (nSPS) is 11.6. The number of phenolic OH excluding ortho intramolecular Hbond substituents is 1. The molecule has 2 rings (SSSR count). The number of imidazole rings is 1. The van der Waals surface area contributed by atoms with Crippen molar-refractivity contribution in [2.24, 2.45) is 0 Å². The average Bonchev–Trinajstić information content (AvgIpc) is 2.78. The van der Waals surface area contributed by atoms with Crippen LogP contribution < -0.4 is 10.5 Å². The highest BCUT2D eigenvalue weighted by Gasteiger charge is 2.16. The number of anilines is 1. The second kappa shape index (κ2) is 4.90. The van der Waals surface area contributed by atoms with Crippen LogP contribution in [0.15, 0.2) is 29.4 Å². The van der Waals surface area contributed by atoms with E-state index >= 15 is 0 Å². The van der Waals surface area contributed by atoms with Crippen molar-refractivity contribution in [3.05, 3.63) is 35.8 Å². The Kier molecular flexibility index (Phi) is 3.45. The fourth-order valence-corrected chi connectivity index (χ4v) is 2.51. The summed E-state index contributed by atoms with van der Waals surface area (Å²) in [6.45, 7) is 1.60. The summed E-state index contributed by atoms with van der Waals surface area (Å²) in [5.74, 6) is 0.491. The molecule has 0 amide bonds. The van der Waals surface area contributed by atoms with Crippen LogP contribution in [-0.4, -0.2) is 23.5 Å². The van der Waals surface area contributed by atoms with Gasteiger partial charge >= 0.3 is 0 Å². The Morgan fingerprint density at radius 2 is 2.21 bits per heavy atom. The molecule has 1 aromatic heterocycles. The van der Waals surface area contributed by atoms with Crippen molar-refractivity contribution in [2.75, 3.05) is 5.73 Å². The number of phenols is 1. The summed E-state index contributed by atoms with van der Waals surface area (Å²) in [4.78, 5) is 6.46. The predicted octanol–water partition coefficient (Wildman–Crippen LogP) is 0.484. The van der Waals surface area contributed by atoms with Crippen molar-refractivity contribution in [1.82, 2.24) is 14.7 Å². The van der Waals surface area contributed by atoms with Crippen molar-refractivity contribution >= 4 is 15.7 Å². The molecular weight excluding hydrogens is 268 g/mol. The first-order chi connectivity index (χ1) is 8.88. The van der Waals surface area contributed by atoms with Gasteiger partial charge in [0, 0.05) is 17.8 Å². The first-order valence-electron chi connectivity index (χ1n) is 5.47. The lowest BCUT2D eigenvalue weighted by molar-refractivity contribution is 0.467. The van der Waals surface area contributed by atoms with Crippen molar-refractivity contribution in [2.45, 2.75) is 18.5 Å². The molecule has 0 aliphatic heterocycles. The molecule has 0 atom stereocenters. The Balaban J connectivity index is 2.16. The minimum Gasteiger partial charge on any atom is -0.508 e. The highest BCUT2D eigenvalue weighted by molar-refractivity contribution is 7.89. The van der Waals surface area contributed by atoms with Crippen LogP contribution in [0.3, 0.4) is 0 Å². The van der Waals surface area contributed by atoms with E-state index < -0.39 is 10.0 Å². The summed E-state index contributed by atoms with van der Waals surface area (Å²) in [5.41, 5.74) is 6.43. The van der Waals surface area contributed by atoms with Gasteiger partial charge in [0.15, 0.2) is 5.03 Å². The Morgan fingerprint density at radius 1 is 1.47 bits per heavy atom. The largest absolute Gasteiger partial charge is 0.508 e. The van der Waals surface area contributed by atoms with Gasteiger partial charge in [-0.05, 0) is 25.1 Å². The third-order valence-corrected chi connectivity index (χ3v) is 3.84. The Hall–Kier alpha value is -2.06. The highest BCUT2D eigenvalue weighted by Crippen LogP contribution is 2.20. The van der Waals surface area contributed by atoms with Gasteiger partial charge in [0.1, 0.15) is 11.6 Å². The lowest BCUT2D eigenvalue weighted by atomic mass is 10.2. The molecule has 0 aliphatic carbocycles. The lowest BCUT2D eigenvalue weighted by Crippen LogP contribution is -2.23. The van der Waals surface area contributed by atoms with E-state index in [2.05, 4.69) is 14.7 Å². The smallest absolute Gasteiger partial charge is 0.257 e. The molecule has 1 aromatic carbocycles. The zero-order valence-corrected chi connectivity index (χ0v) is 11.0. The lowest BCUT2D eigenvalue weighted by Gasteiger charge is -2.07. The average molecular weight is 282 g/mol. The first kappa shape index (κ1) is 13.4. The third kappa shape index (κ3) is 3.04. The van der Waals surface area contributed by atoms with E-state index in [0.29, 0.717) is 17.1 Å². The summed E-state index contributed by atoms with van der Waals surface area (Å²) >= 11 is 0. The van der Waals surface area contributed by atoms with Crippen LogP contribution in [0.25, 0.3) is 0 Å². The van der Waals surface area contributed by atoms with Crippen molar-refractivity contribution < 1.29 is 13.5 Å². The molecule has 0 radical (unpaired) electrons. The zero-order chi connectivity index (χ0) is 14.0. The van der Waals surface area contributed by atoms with Gasteiger partial charge in [-0.1, -0.05) is 0 Å². The summed E-state index contributed by atoms with van der Waals surface area (Å²) in [7, 11) is -3.69. The predicted molar refractivity (Wildman–Crippen MR) is 69.9 cm³/mol. The van der Waals surface area contributed by atoms with Crippen LogP contribution >= 0.6 is 0 Å². The van der Waals surface area contributed by atoms with E-state index in [4.69, 9.17) is 5.73 Å². The number of aromatic amines is 1. The zero-order valence-electron chi connectivity index (χ0n) is 10.2. The van der Waals surface area contributed by atoms with E-state index in [-0.39, 0.29) is 17.3 Å². The topological polar surface area (TPSA) is 121 Å².